The SMILES string of the molecule is Cc1cncc(-c2ccc(B3OC(C)(C)C(C)(C)O3)c(Cl)c2)n1. The summed E-state index contributed by atoms with van der Waals surface area (Å²) in [4.78, 5) is 8.65. The molecule has 0 N–H and O–H groups in total. The highest BCUT2D eigenvalue weighted by Gasteiger charge is 2.52. The van der Waals surface area contributed by atoms with E-state index in [4.69, 9.17) is 20.9 Å². The largest absolute Gasteiger partial charge is 0.496 e. The summed E-state index contributed by atoms with van der Waals surface area (Å²) >= 11 is 6.48. The van der Waals surface area contributed by atoms with Gasteiger partial charge in [0.05, 0.1) is 28.8 Å². The minimum Gasteiger partial charge on any atom is -0.399 e. The van der Waals surface area contributed by atoms with Crippen LogP contribution in [0.25, 0.3) is 11.3 Å². The lowest BCUT2D eigenvalue weighted by Gasteiger charge is -2.32. The Labute approximate surface area is 142 Å². The molecule has 4 nitrogen and oxygen atoms in total. The lowest BCUT2D eigenvalue weighted by molar-refractivity contribution is 0.00578. The van der Waals surface area contributed by atoms with E-state index in [0.29, 0.717) is 5.02 Å². The lowest BCUT2D eigenvalue weighted by atomic mass is 9.78. The third-order valence-corrected chi connectivity index (χ3v) is 4.89. The van der Waals surface area contributed by atoms with Crippen molar-refractivity contribution in [3.05, 3.63) is 41.3 Å². The lowest BCUT2D eigenvalue weighted by Crippen LogP contribution is -2.41. The molecule has 1 saturated heterocycles. The van der Waals surface area contributed by atoms with Gasteiger partial charge >= 0.3 is 7.12 Å². The molecule has 0 amide bonds. The summed E-state index contributed by atoms with van der Waals surface area (Å²) in [6.45, 7) is 10.0. The topological polar surface area (TPSA) is 44.2 Å². The van der Waals surface area contributed by atoms with Crippen molar-refractivity contribution in [2.75, 3.05) is 0 Å². The quantitative estimate of drug-likeness (QED) is 0.792. The summed E-state index contributed by atoms with van der Waals surface area (Å²) in [7, 11) is -0.467. The van der Waals surface area contributed by atoms with Crippen molar-refractivity contribution in [2.45, 2.75) is 45.8 Å². The molecule has 1 aliphatic rings. The number of nitrogens with zero attached hydrogens (tertiary/aromatic N) is 2. The first-order valence-electron chi connectivity index (χ1n) is 7.64. The Balaban J connectivity index is 1.92. The predicted molar refractivity (Wildman–Crippen MR) is 92.9 cm³/mol. The first-order chi connectivity index (χ1) is 10.7. The second kappa shape index (κ2) is 5.58. The van der Waals surface area contributed by atoms with Gasteiger partial charge in [-0.25, -0.2) is 4.98 Å². The van der Waals surface area contributed by atoms with Gasteiger partial charge < -0.3 is 9.31 Å². The van der Waals surface area contributed by atoms with Gasteiger partial charge in [0.1, 0.15) is 0 Å². The Morgan fingerprint density at radius 1 is 1.04 bits per heavy atom. The van der Waals surface area contributed by atoms with E-state index in [1.165, 1.54) is 0 Å². The zero-order valence-corrected chi connectivity index (χ0v) is 14.8. The average molecular weight is 331 g/mol. The molecule has 1 fully saturated rings. The minimum atomic E-state index is -0.467. The van der Waals surface area contributed by atoms with Crippen molar-refractivity contribution in [3.8, 4) is 11.3 Å². The van der Waals surface area contributed by atoms with Crippen LogP contribution < -0.4 is 5.46 Å². The molecule has 0 aliphatic carbocycles. The summed E-state index contributed by atoms with van der Waals surface area (Å²) < 4.78 is 12.1. The van der Waals surface area contributed by atoms with Gasteiger partial charge in [0, 0.05) is 22.2 Å². The molecule has 2 aromatic rings. The van der Waals surface area contributed by atoms with Crippen molar-refractivity contribution in [2.24, 2.45) is 0 Å². The maximum absolute atomic E-state index is 6.48. The predicted octanol–water partition coefficient (Wildman–Crippen LogP) is 3.40. The van der Waals surface area contributed by atoms with Gasteiger partial charge in [-0.05, 0) is 40.7 Å². The first kappa shape index (κ1) is 16.4. The van der Waals surface area contributed by atoms with Crippen LogP contribution in [0.5, 0.6) is 0 Å². The van der Waals surface area contributed by atoms with Crippen molar-refractivity contribution in [1.29, 1.82) is 0 Å². The highest BCUT2D eigenvalue weighted by molar-refractivity contribution is 6.65. The molecule has 1 aromatic heterocycles. The van der Waals surface area contributed by atoms with E-state index in [2.05, 4.69) is 9.97 Å². The highest BCUT2D eigenvalue weighted by atomic mass is 35.5. The fraction of sp³-hybridized carbons (Fsp3) is 0.412. The summed E-state index contributed by atoms with van der Waals surface area (Å²) in [5.74, 6) is 0. The van der Waals surface area contributed by atoms with Gasteiger partial charge in [-0.15, -0.1) is 0 Å². The monoisotopic (exact) mass is 330 g/mol. The number of hydrogen-bond acceptors (Lipinski definition) is 4. The van der Waals surface area contributed by atoms with E-state index < -0.39 is 7.12 Å². The molecule has 0 radical (unpaired) electrons. The Kier molecular flexibility index (Phi) is 3.99. The minimum absolute atomic E-state index is 0.387. The Morgan fingerprint density at radius 3 is 2.26 bits per heavy atom. The van der Waals surface area contributed by atoms with Crippen LogP contribution in [0.1, 0.15) is 33.4 Å². The van der Waals surface area contributed by atoms with E-state index >= 15 is 0 Å². The van der Waals surface area contributed by atoms with Crippen LogP contribution in [0.4, 0.5) is 0 Å². The highest BCUT2D eigenvalue weighted by Crippen LogP contribution is 2.37. The number of benzene rings is 1. The maximum Gasteiger partial charge on any atom is 0.496 e. The van der Waals surface area contributed by atoms with E-state index in [1.54, 1.807) is 12.4 Å². The van der Waals surface area contributed by atoms with Crippen LogP contribution in [0.2, 0.25) is 5.02 Å². The normalized spacial score (nSPS) is 19.1. The van der Waals surface area contributed by atoms with E-state index in [9.17, 15) is 0 Å². The molecule has 120 valence electrons. The Hall–Kier alpha value is -1.43. The van der Waals surface area contributed by atoms with Crippen molar-refractivity contribution in [3.63, 3.8) is 0 Å². The van der Waals surface area contributed by atoms with Crippen LogP contribution in [0.15, 0.2) is 30.6 Å². The smallest absolute Gasteiger partial charge is 0.399 e. The van der Waals surface area contributed by atoms with E-state index in [-0.39, 0.29) is 11.2 Å². The van der Waals surface area contributed by atoms with Crippen LogP contribution >= 0.6 is 11.6 Å². The standard InChI is InChI=1S/C17H20BClN2O2/c1-11-9-20-10-15(21-11)12-6-7-13(14(19)8-12)18-22-16(2,3)17(4,5)23-18/h6-10H,1-5H3. The van der Waals surface area contributed by atoms with Crippen LogP contribution in [0, 0.1) is 6.92 Å². The summed E-state index contributed by atoms with van der Waals surface area (Å²) in [5.41, 5.74) is 2.64. The van der Waals surface area contributed by atoms with Gasteiger partial charge in [-0.3, -0.25) is 4.98 Å². The molecule has 1 aliphatic heterocycles. The summed E-state index contributed by atoms with van der Waals surface area (Å²) in [6, 6.07) is 5.78. The molecule has 0 atom stereocenters. The van der Waals surface area contributed by atoms with Crippen LogP contribution in [0.3, 0.4) is 0 Å². The van der Waals surface area contributed by atoms with E-state index in [0.717, 1.165) is 22.4 Å². The van der Waals surface area contributed by atoms with Crippen molar-refractivity contribution >= 4 is 24.2 Å². The van der Waals surface area contributed by atoms with Gasteiger partial charge in [-0.2, -0.15) is 0 Å². The van der Waals surface area contributed by atoms with Gasteiger partial charge in [0.2, 0.25) is 0 Å². The average Bonchev–Trinajstić information content (AvgIpc) is 2.67. The van der Waals surface area contributed by atoms with Gasteiger partial charge in [-0.1, -0.05) is 23.7 Å². The molecular formula is C17H20BClN2O2. The molecular weight excluding hydrogens is 310 g/mol. The first-order valence-corrected chi connectivity index (χ1v) is 8.01. The molecule has 0 unspecified atom stereocenters. The second-order valence-corrected chi connectivity index (χ2v) is 7.28. The van der Waals surface area contributed by atoms with Crippen LogP contribution in [-0.2, 0) is 9.31 Å². The number of aryl methyl sites for hydroxylation is 1. The van der Waals surface area contributed by atoms with Gasteiger partial charge in [0.15, 0.2) is 0 Å². The number of aromatic nitrogens is 2. The molecule has 23 heavy (non-hydrogen) atoms. The van der Waals surface area contributed by atoms with Crippen molar-refractivity contribution in [1.82, 2.24) is 9.97 Å². The summed E-state index contributed by atoms with van der Waals surface area (Å²) in [6.07, 6.45) is 3.46. The maximum atomic E-state index is 6.48. The van der Waals surface area contributed by atoms with Crippen LogP contribution in [-0.4, -0.2) is 28.3 Å². The third kappa shape index (κ3) is 3.01. The zero-order chi connectivity index (χ0) is 16.8. The number of hydrogen-bond donors (Lipinski definition) is 0. The number of rotatable bonds is 2. The molecule has 0 saturated carbocycles. The van der Waals surface area contributed by atoms with Gasteiger partial charge in [0.25, 0.3) is 0 Å². The summed E-state index contributed by atoms with van der Waals surface area (Å²) in [5, 5.41) is 0.601. The molecule has 2 heterocycles. The molecule has 0 spiro atoms. The Bertz CT molecular complexity index is 733. The van der Waals surface area contributed by atoms with E-state index in [1.807, 2.05) is 52.8 Å². The third-order valence-electron chi connectivity index (χ3n) is 4.56. The zero-order valence-electron chi connectivity index (χ0n) is 14.1. The second-order valence-electron chi connectivity index (χ2n) is 6.87. The molecule has 3 rings (SSSR count). The molecule has 1 aromatic carbocycles. The molecule has 0 bridgehead atoms. The Morgan fingerprint density at radius 2 is 1.70 bits per heavy atom. The fourth-order valence-electron chi connectivity index (χ4n) is 2.45. The van der Waals surface area contributed by atoms with Crippen molar-refractivity contribution < 1.29 is 9.31 Å². The number of halogens is 1. The fourth-order valence-corrected chi connectivity index (χ4v) is 2.72. The molecule has 6 heteroatoms.